The molecule has 0 spiro atoms. The molecule has 3 rings (SSSR count). The second-order valence-electron chi connectivity index (χ2n) is 5.29. The Morgan fingerprint density at radius 2 is 2.26 bits per heavy atom. The lowest BCUT2D eigenvalue weighted by Crippen LogP contribution is -2.43. The van der Waals surface area contributed by atoms with Gasteiger partial charge in [-0.2, -0.15) is 11.3 Å². The summed E-state index contributed by atoms with van der Waals surface area (Å²) in [6, 6.07) is 2.01. The highest BCUT2D eigenvalue weighted by molar-refractivity contribution is 7.08. The second kappa shape index (κ2) is 5.07. The van der Waals surface area contributed by atoms with Crippen LogP contribution in [0, 0.1) is 5.92 Å². The highest BCUT2D eigenvalue weighted by atomic mass is 32.1. The lowest BCUT2D eigenvalue weighted by Gasteiger charge is -2.39. The van der Waals surface area contributed by atoms with Crippen LogP contribution in [-0.4, -0.2) is 40.1 Å². The fourth-order valence-electron chi connectivity index (χ4n) is 2.95. The lowest BCUT2D eigenvalue weighted by atomic mass is 9.76. The molecule has 1 saturated heterocycles. The molecular weight excluding hydrogens is 258 g/mol. The number of imidazole rings is 1. The van der Waals surface area contributed by atoms with Crippen LogP contribution >= 0.6 is 11.3 Å². The maximum Gasteiger partial charge on any atom is 0.151 e. The number of thiophene rings is 1. The molecule has 1 aliphatic heterocycles. The topological polar surface area (TPSA) is 52.1 Å². The number of hydrogen-bond donors (Lipinski definition) is 2. The summed E-state index contributed by atoms with van der Waals surface area (Å²) in [5, 5.41) is 15.4. The summed E-state index contributed by atoms with van der Waals surface area (Å²) in [4.78, 5) is 9.74. The summed E-state index contributed by atoms with van der Waals surface area (Å²) in [6.45, 7) is 2.05. The van der Waals surface area contributed by atoms with E-state index < -0.39 is 5.60 Å². The van der Waals surface area contributed by atoms with Gasteiger partial charge in [0, 0.05) is 23.9 Å². The fourth-order valence-corrected chi connectivity index (χ4v) is 3.66. The molecule has 5 heteroatoms. The maximum atomic E-state index is 11.3. The van der Waals surface area contributed by atoms with Gasteiger partial charge in [0.1, 0.15) is 5.82 Å². The number of nitrogens with zero attached hydrogens (tertiary/aromatic N) is 2. The largest absolute Gasteiger partial charge is 0.377 e. The van der Waals surface area contributed by atoms with Crippen molar-refractivity contribution in [3.63, 3.8) is 0 Å². The number of aromatic amines is 1. The van der Waals surface area contributed by atoms with Gasteiger partial charge in [-0.3, -0.25) is 0 Å². The minimum atomic E-state index is -0.981. The first-order valence-electron chi connectivity index (χ1n) is 6.64. The fraction of sp³-hybridized carbons (Fsp3) is 0.500. The van der Waals surface area contributed by atoms with Crippen LogP contribution in [-0.2, 0) is 5.60 Å². The molecule has 0 radical (unpaired) electrons. The van der Waals surface area contributed by atoms with Gasteiger partial charge in [-0.1, -0.05) is 0 Å². The first kappa shape index (κ1) is 12.8. The van der Waals surface area contributed by atoms with E-state index in [-0.39, 0.29) is 5.92 Å². The first-order valence-corrected chi connectivity index (χ1v) is 7.59. The van der Waals surface area contributed by atoms with Crippen LogP contribution in [0.5, 0.6) is 0 Å². The van der Waals surface area contributed by atoms with E-state index in [1.54, 1.807) is 23.7 Å². The van der Waals surface area contributed by atoms with Gasteiger partial charge >= 0.3 is 0 Å². The zero-order chi connectivity index (χ0) is 13.3. The van der Waals surface area contributed by atoms with Gasteiger partial charge in [-0.15, -0.1) is 0 Å². The molecule has 19 heavy (non-hydrogen) atoms. The van der Waals surface area contributed by atoms with Gasteiger partial charge in [0.25, 0.3) is 0 Å². The summed E-state index contributed by atoms with van der Waals surface area (Å²) in [7, 11) is 2.13. The van der Waals surface area contributed by atoms with Crippen molar-refractivity contribution in [2.75, 3.05) is 20.1 Å². The van der Waals surface area contributed by atoms with Crippen molar-refractivity contribution in [2.45, 2.75) is 18.4 Å². The summed E-state index contributed by atoms with van der Waals surface area (Å²) in [6.07, 6.45) is 5.47. The molecule has 2 aromatic rings. The molecule has 0 amide bonds. The Kier molecular flexibility index (Phi) is 3.43. The molecule has 1 fully saturated rings. The monoisotopic (exact) mass is 277 g/mol. The summed E-state index contributed by atoms with van der Waals surface area (Å²) in [5.41, 5.74) is -0.0212. The van der Waals surface area contributed by atoms with Gasteiger partial charge < -0.3 is 15.0 Å². The zero-order valence-electron chi connectivity index (χ0n) is 11.0. The summed E-state index contributed by atoms with van der Waals surface area (Å²) >= 11 is 1.62. The normalized spacial score (nSPS) is 21.4. The van der Waals surface area contributed by atoms with Crippen molar-refractivity contribution in [3.05, 3.63) is 40.6 Å². The number of nitrogens with one attached hydrogen (secondary N) is 1. The number of hydrogen-bond acceptors (Lipinski definition) is 4. The van der Waals surface area contributed by atoms with Crippen molar-refractivity contribution in [1.29, 1.82) is 0 Å². The molecule has 0 bridgehead atoms. The first-order chi connectivity index (χ1) is 9.21. The smallest absolute Gasteiger partial charge is 0.151 e. The molecule has 1 atom stereocenters. The summed E-state index contributed by atoms with van der Waals surface area (Å²) < 4.78 is 0. The van der Waals surface area contributed by atoms with E-state index in [1.165, 1.54) is 0 Å². The minimum Gasteiger partial charge on any atom is -0.377 e. The average Bonchev–Trinajstić information content (AvgIpc) is 3.12. The predicted molar refractivity (Wildman–Crippen MR) is 76.1 cm³/mol. The molecule has 2 N–H and O–H groups in total. The van der Waals surface area contributed by atoms with Crippen molar-refractivity contribution in [2.24, 2.45) is 5.92 Å². The molecule has 2 aromatic heterocycles. The van der Waals surface area contributed by atoms with Crippen LogP contribution < -0.4 is 0 Å². The Hall–Kier alpha value is -1.17. The van der Waals surface area contributed by atoms with Crippen LogP contribution in [0.4, 0.5) is 0 Å². The van der Waals surface area contributed by atoms with Crippen LogP contribution in [0.25, 0.3) is 0 Å². The number of piperidine rings is 1. The van der Waals surface area contributed by atoms with Crippen molar-refractivity contribution < 1.29 is 5.11 Å². The zero-order valence-corrected chi connectivity index (χ0v) is 11.9. The van der Waals surface area contributed by atoms with Crippen LogP contribution in [0.1, 0.15) is 24.2 Å². The van der Waals surface area contributed by atoms with Gasteiger partial charge in [0.05, 0.1) is 0 Å². The van der Waals surface area contributed by atoms with E-state index in [0.29, 0.717) is 5.82 Å². The SMILES string of the molecule is CN1CCC(C(O)(c2ccsc2)c2ncc[nH]2)CC1. The Morgan fingerprint density at radius 1 is 1.47 bits per heavy atom. The van der Waals surface area contributed by atoms with Crippen molar-refractivity contribution in [1.82, 2.24) is 14.9 Å². The molecule has 1 unspecified atom stereocenters. The number of H-pyrrole nitrogens is 1. The van der Waals surface area contributed by atoms with Crippen molar-refractivity contribution >= 4 is 11.3 Å². The Morgan fingerprint density at radius 3 is 2.84 bits per heavy atom. The van der Waals surface area contributed by atoms with E-state index in [4.69, 9.17) is 0 Å². The minimum absolute atomic E-state index is 0.212. The molecular formula is C14H19N3OS. The van der Waals surface area contributed by atoms with Gasteiger partial charge in [-0.05, 0) is 49.8 Å². The van der Waals surface area contributed by atoms with Gasteiger partial charge in [0.2, 0.25) is 0 Å². The predicted octanol–water partition coefficient (Wildman–Crippen LogP) is 2.05. The Labute approximate surface area is 117 Å². The quantitative estimate of drug-likeness (QED) is 0.903. The third-order valence-corrected chi connectivity index (χ3v) is 4.81. The molecule has 102 valence electrons. The van der Waals surface area contributed by atoms with Crippen molar-refractivity contribution in [3.8, 4) is 0 Å². The molecule has 1 aliphatic rings. The second-order valence-corrected chi connectivity index (χ2v) is 6.07. The van der Waals surface area contributed by atoms with Gasteiger partial charge in [-0.25, -0.2) is 4.98 Å². The molecule has 0 saturated carbocycles. The maximum absolute atomic E-state index is 11.3. The van der Waals surface area contributed by atoms with E-state index in [2.05, 4.69) is 21.9 Å². The molecule has 3 heterocycles. The standard InChI is InChI=1S/C14H19N3OS/c1-17-7-2-11(3-8-17)14(18,12-4-9-19-10-12)13-15-5-6-16-13/h4-6,9-11,18H,2-3,7-8H2,1H3,(H,15,16). The molecule has 0 aromatic carbocycles. The lowest BCUT2D eigenvalue weighted by molar-refractivity contribution is -0.0170. The highest BCUT2D eigenvalue weighted by Crippen LogP contribution is 2.40. The van der Waals surface area contributed by atoms with Crippen LogP contribution in [0.2, 0.25) is 0 Å². The number of likely N-dealkylation sites (tertiary alicyclic amines) is 1. The third kappa shape index (κ3) is 2.22. The van der Waals surface area contributed by atoms with Gasteiger partial charge in [0.15, 0.2) is 5.60 Å². The van der Waals surface area contributed by atoms with E-state index >= 15 is 0 Å². The molecule has 0 aliphatic carbocycles. The van der Waals surface area contributed by atoms with E-state index in [1.807, 2.05) is 16.8 Å². The van der Waals surface area contributed by atoms with E-state index in [0.717, 1.165) is 31.5 Å². The van der Waals surface area contributed by atoms with Crippen LogP contribution in [0.3, 0.4) is 0 Å². The number of aromatic nitrogens is 2. The Bertz CT molecular complexity index is 467. The average molecular weight is 277 g/mol. The molecule has 4 nitrogen and oxygen atoms in total. The van der Waals surface area contributed by atoms with E-state index in [9.17, 15) is 5.11 Å². The highest BCUT2D eigenvalue weighted by Gasteiger charge is 2.43. The third-order valence-electron chi connectivity index (χ3n) is 4.13. The van der Waals surface area contributed by atoms with Crippen LogP contribution in [0.15, 0.2) is 29.2 Å². The number of aliphatic hydroxyl groups is 1. The summed E-state index contributed by atoms with van der Waals surface area (Å²) in [5.74, 6) is 0.880. The number of rotatable bonds is 3. The Balaban J connectivity index is 1.98.